The Hall–Kier alpha value is -2.40. The molecular formula is C20H22O4S. The maximum absolute atomic E-state index is 13.0. The summed E-state index contributed by atoms with van der Waals surface area (Å²) in [5.74, 6) is 0.113. The molecule has 0 aliphatic carbocycles. The second-order valence-corrected chi connectivity index (χ2v) is 7.50. The molecule has 0 heterocycles. The average molecular weight is 358 g/mol. The van der Waals surface area contributed by atoms with Gasteiger partial charge in [-0.3, -0.25) is 4.79 Å². The molecule has 0 aliphatic heterocycles. The quantitative estimate of drug-likeness (QED) is 0.398. The second-order valence-electron chi connectivity index (χ2n) is 5.58. The van der Waals surface area contributed by atoms with E-state index in [2.05, 4.69) is 0 Å². The van der Waals surface area contributed by atoms with Crippen molar-refractivity contribution in [1.82, 2.24) is 0 Å². The van der Waals surface area contributed by atoms with Crippen molar-refractivity contribution in [1.29, 1.82) is 0 Å². The van der Waals surface area contributed by atoms with Gasteiger partial charge in [0.05, 0.1) is 12.0 Å². The molecule has 4 nitrogen and oxygen atoms in total. The van der Waals surface area contributed by atoms with Gasteiger partial charge >= 0.3 is 0 Å². The fraction of sp³-hybridized carbons (Fsp3) is 0.250. The van der Waals surface area contributed by atoms with Crippen molar-refractivity contribution in [2.24, 2.45) is 0 Å². The van der Waals surface area contributed by atoms with Gasteiger partial charge in [-0.05, 0) is 42.8 Å². The van der Waals surface area contributed by atoms with Crippen LogP contribution in [0.4, 0.5) is 0 Å². The zero-order valence-corrected chi connectivity index (χ0v) is 15.3. The van der Waals surface area contributed by atoms with Gasteiger partial charge in [-0.15, -0.1) is 0 Å². The van der Waals surface area contributed by atoms with E-state index in [1.165, 1.54) is 19.2 Å². The fourth-order valence-electron chi connectivity index (χ4n) is 2.37. The summed E-state index contributed by atoms with van der Waals surface area (Å²) in [4.78, 5) is 12.8. The topological polar surface area (TPSA) is 60.4 Å². The van der Waals surface area contributed by atoms with Crippen LogP contribution in [0.5, 0.6) is 5.75 Å². The van der Waals surface area contributed by atoms with Gasteiger partial charge in [-0.2, -0.15) is 0 Å². The van der Waals surface area contributed by atoms with Crippen LogP contribution < -0.4 is 4.74 Å². The summed E-state index contributed by atoms with van der Waals surface area (Å²) in [6.07, 6.45) is 3.83. The van der Waals surface area contributed by atoms with Gasteiger partial charge in [0.2, 0.25) is 15.6 Å². The Labute approximate surface area is 149 Å². The van der Waals surface area contributed by atoms with E-state index in [-0.39, 0.29) is 9.80 Å². The minimum Gasteiger partial charge on any atom is -0.497 e. The van der Waals surface area contributed by atoms with Crippen LogP contribution in [-0.2, 0) is 9.84 Å². The predicted octanol–water partition coefficient (Wildman–Crippen LogP) is 4.43. The maximum Gasteiger partial charge on any atom is 0.210 e. The van der Waals surface area contributed by atoms with Gasteiger partial charge in [-0.25, -0.2) is 8.42 Å². The minimum atomic E-state index is -3.86. The van der Waals surface area contributed by atoms with Crippen molar-refractivity contribution >= 4 is 15.6 Å². The van der Waals surface area contributed by atoms with Crippen molar-refractivity contribution in [2.45, 2.75) is 31.1 Å². The van der Waals surface area contributed by atoms with Gasteiger partial charge < -0.3 is 4.74 Å². The van der Waals surface area contributed by atoms with Crippen LogP contribution in [0.25, 0.3) is 0 Å². The first kappa shape index (κ1) is 18.9. The lowest BCUT2D eigenvalue weighted by molar-refractivity contribution is 0.104. The van der Waals surface area contributed by atoms with Crippen molar-refractivity contribution in [3.05, 3.63) is 71.1 Å². The molecule has 0 radical (unpaired) electrons. The molecule has 0 fully saturated rings. The molecule has 0 aromatic heterocycles. The van der Waals surface area contributed by atoms with Crippen LogP contribution in [-0.4, -0.2) is 21.3 Å². The molecule has 0 amide bonds. The molecule has 0 unspecified atom stereocenters. The maximum atomic E-state index is 13.0. The Balaban J connectivity index is 2.45. The van der Waals surface area contributed by atoms with E-state index in [0.29, 0.717) is 17.7 Å². The molecule has 0 N–H and O–H groups in total. The number of ketones is 1. The Morgan fingerprint density at radius 3 is 2.24 bits per heavy atom. The van der Waals surface area contributed by atoms with E-state index in [1.54, 1.807) is 48.5 Å². The number of benzene rings is 2. The molecule has 0 atom stereocenters. The number of methoxy groups -OCH3 is 1. The van der Waals surface area contributed by atoms with E-state index >= 15 is 0 Å². The Bertz CT molecular complexity index is 835. The van der Waals surface area contributed by atoms with E-state index in [4.69, 9.17) is 4.74 Å². The summed E-state index contributed by atoms with van der Waals surface area (Å²) >= 11 is 0. The number of ether oxygens (including phenoxy) is 1. The van der Waals surface area contributed by atoms with Crippen molar-refractivity contribution in [3.63, 3.8) is 0 Å². The van der Waals surface area contributed by atoms with E-state index in [0.717, 1.165) is 12.8 Å². The fourth-order valence-corrected chi connectivity index (χ4v) is 3.84. The van der Waals surface area contributed by atoms with Crippen molar-refractivity contribution in [3.8, 4) is 5.75 Å². The Kier molecular flexibility index (Phi) is 6.53. The summed E-state index contributed by atoms with van der Waals surface area (Å²) in [5.41, 5.74) is 0.322. The number of unbranched alkanes of at least 4 members (excludes halogenated alkanes) is 2. The van der Waals surface area contributed by atoms with Crippen molar-refractivity contribution in [2.75, 3.05) is 7.11 Å². The molecule has 5 heteroatoms. The zero-order valence-electron chi connectivity index (χ0n) is 14.4. The number of allylic oxidation sites excluding steroid dienone is 2. The third kappa shape index (κ3) is 4.57. The first-order valence-electron chi connectivity index (χ1n) is 8.19. The van der Waals surface area contributed by atoms with E-state index in [9.17, 15) is 13.2 Å². The molecule has 2 rings (SSSR count). The minimum absolute atomic E-state index is 0.125. The standard InChI is InChI=1S/C20H22O4S/c1-3-4-6-11-19(25(22,23)18-9-7-5-8-10-18)20(21)16-12-14-17(24-2)15-13-16/h5,7-15H,3-4,6H2,1-2H3/b19-11-. The van der Waals surface area contributed by atoms with Gasteiger partial charge in [0.1, 0.15) is 10.7 Å². The molecule has 0 spiro atoms. The lowest BCUT2D eigenvalue weighted by atomic mass is 10.1. The van der Waals surface area contributed by atoms with Crippen LogP contribution in [0.3, 0.4) is 0 Å². The highest BCUT2D eigenvalue weighted by Gasteiger charge is 2.27. The van der Waals surface area contributed by atoms with Gasteiger partial charge in [0.15, 0.2) is 0 Å². The van der Waals surface area contributed by atoms with Crippen molar-refractivity contribution < 1.29 is 17.9 Å². The molecule has 0 saturated heterocycles. The highest BCUT2D eigenvalue weighted by Crippen LogP contribution is 2.24. The van der Waals surface area contributed by atoms with E-state index in [1.807, 2.05) is 6.92 Å². The van der Waals surface area contributed by atoms with Crippen LogP contribution in [0.15, 0.2) is 70.5 Å². The molecule has 0 bridgehead atoms. The smallest absolute Gasteiger partial charge is 0.210 e. The number of carbonyl (C=O) groups is 1. The third-order valence-electron chi connectivity index (χ3n) is 3.81. The Morgan fingerprint density at radius 2 is 1.68 bits per heavy atom. The molecule has 2 aromatic rings. The van der Waals surface area contributed by atoms with Gasteiger partial charge in [-0.1, -0.05) is 44.0 Å². The third-order valence-corrected chi connectivity index (χ3v) is 5.63. The van der Waals surface area contributed by atoms with Crippen LogP contribution >= 0.6 is 0 Å². The molecular weight excluding hydrogens is 336 g/mol. The van der Waals surface area contributed by atoms with Gasteiger partial charge in [0, 0.05) is 5.56 Å². The lowest BCUT2D eigenvalue weighted by Gasteiger charge is -2.10. The Morgan fingerprint density at radius 1 is 1.04 bits per heavy atom. The summed E-state index contributed by atoms with van der Waals surface area (Å²) in [5, 5.41) is 0. The zero-order chi connectivity index (χ0) is 18.3. The molecule has 25 heavy (non-hydrogen) atoms. The highest BCUT2D eigenvalue weighted by atomic mass is 32.2. The summed E-state index contributed by atoms with van der Waals surface area (Å²) in [6, 6.07) is 14.5. The molecule has 0 aliphatic rings. The first-order valence-corrected chi connectivity index (χ1v) is 9.68. The lowest BCUT2D eigenvalue weighted by Crippen LogP contribution is -2.14. The molecule has 2 aromatic carbocycles. The normalized spacial score (nSPS) is 12.0. The summed E-state index contributed by atoms with van der Waals surface area (Å²) < 4.78 is 31.0. The van der Waals surface area contributed by atoms with Gasteiger partial charge in [0.25, 0.3) is 0 Å². The number of hydrogen-bond donors (Lipinski definition) is 0. The SMILES string of the molecule is CCCC/C=C(/C(=O)c1ccc(OC)cc1)S(=O)(=O)c1ccccc1. The largest absolute Gasteiger partial charge is 0.497 e. The number of rotatable bonds is 8. The molecule has 132 valence electrons. The average Bonchev–Trinajstić information content (AvgIpc) is 2.65. The number of Topliss-reactive ketones (excluding diaryl/α,β-unsaturated/α-hetero) is 1. The monoisotopic (exact) mass is 358 g/mol. The van der Waals surface area contributed by atoms with Crippen LogP contribution in [0.1, 0.15) is 36.5 Å². The highest BCUT2D eigenvalue weighted by molar-refractivity contribution is 7.96. The number of hydrogen-bond acceptors (Lipinski definition) is 4. The summed E-state index contributed by atoms with van der Waals surface area (Å²) in [7, 11) is -2.33. The predicted molar refractivity (Wildman–Crippen MR) is 98.6 cm³/mol. The van der Waals surface area contributed by atoms with E-state index < -0.39 is 15.6 Å². The number of carbonyl (C=O) groups excluding carboxylic acids is 1. The second kappa shape index (κ2) is 8.62. The summed E-state index contributed by atoms with van der Waals surface area (Å²) in [6.45, 7) is 2.02. The number of sulfone groups is 1. The first-order chi connectivity index (χ1) is 12.0. The van der Waals surface area contributed by atoms with Crippen LogP contribution in [0, 0.1) is 0 Å². The van der Waals surface area contributed by atoms with Crippen LogP contribution in [0.2, 0.25) is 0 Å². The molecule has 0 saturated carbocycles.